The molecular formula is C15H22O. The van der Waals surface area contributed by atoms with E-state index in [1.54, 1.807) is 0 Å². The predicted octanol–water partition coefficient (Wildman–Crippen LogP) is 3.90. The van der Waals surface area contributed by atoms with Gasteiger partial charge in [0.25, 0.3) is 0 Å². The zero-order valence-electron chi connectivity index (χ0n) is 10.7. The van der Waals surface area contributed by atoms with E-state index in [-0.39, 0.29) is 17.1 Å². The average Bonchev–Trinajstić information content (AvgIpc) is 2.20. The molecule has 1 heteroatoms. The maximum atomic E-state index is 12.0. The topological polar surface area (TPSA) is 17.1 Å². The minimum Gasteiger partial charge on any atom is -0.294 e. The number of ketones is 1. The number of hydrogen-bond acceptors (Lipinski definition) is 1. The van der Waals surface area contributed by atoms with Crippen molar-refractivity contribution in [2.75, 3.05) is 0 Å². The fourth-order valence-electron chi connectivity index (χ4n) is 3.30. The van der Waals surface area contributed by atoms with Crippen molar-refractivity contribution in [2.45, 2.75) is 46.5 Å². The van der Waals surface area contributed by atoms with E-state index in [0.29, 0.717) is 5.92 Å². The second-order valence-electron chi connectivity index (χ2n) is 5.89. The largest absolute Gasteiger partial charge is 0.294 e. The first-order chi connectivity index (χ1) is 7.45. The van der Waals surface area contributed by atoms with Crippen molar-refractivity contribution in [1.29, 1.82) is 0 Å². The highest BCUT2D eigenvalue weighted by molar-refractivity contribution is 5.95. The summed E-state index contributed by atoms with van der Waals surface area (Å²) in [6.45, 7) is 10.6. The Balaban J connectivity index is 2.38. The van der Waals surface area contributed by atoms with Crippen LogP contribution in [0.25, 0.3) is 0 Å². The van der Waals surface area contributed by atoms with Gasteiger partial charge in [-0.2, -0.15) is 0 Å². The smallest absolute Gasteiger partial charge is 0.162 e. The average molecular weight is 218 g/mol. The van der Waals surface area contributed by atoms with E-state index >= 15 is 0 Å². The predicted molar refractivity (Wildman–Crippen MR) is 67.1 cm³/mol. The molecule has 0 unspecified atom stereocenters. The Morgan fingerprint density at radius 3 is 2.88 bits per heavy atom. The standard InChI is InChI=1S/C15H22O/c1-10(2)13-9-15(4)11(3)6-5-7-12(15)8-14(13)16/h8,11,13H,1,5-7,9H2,2-4H3/t11-,13-,15+/m0/s1. The summed E-state index contributed by atoms with van der Waals surface area (Å²) in [5.41, 5.74) is 2.67. The highest BCUT2D eigenvalue weighted by Gasteiger charge is 2.43. The second kappa shape index (κ2) is 3.87. The molecular weight excluding hydrogens is 196 g/mol. The molecule has 1 nitrogen and oxygen atoms in total. The van der Waals surface area contributed by atoms with Gasteiger partial charge >= 0.3 is 0 Å². The van der Waals surface area contributed by atoms with E-state index in [9.17, 15) is 4.79 Å². The summed E-state index contributed by atoms with van der Waals surface area (Å²) in [7, 11) is 0. The number of rotatable bonds is 1. The van der Waals surface area contributed by atoms with Crippen molar-refractivity contribution in [1.82, 2.24) is 0 Å². The van der Waals surface area contributed by atoms with Gasteiger partial charge in [0.1, 0.15) is 0 Å². The summed E-state index contributed by atoms with van der Waals surface area (Å²) >= 11 is 0. The van der Waals surface area contributed by atoms with Gasteiger partial charge in [-0.3, -0.25) is 4.79 Å². The van der Waals surface area contributed by atoms with Crippen LogP contribution in [0.3, 0.4) is 0 Å². The molecule has 2 rings (SSSR count). The van der Waals surface area contributed by atoms with Gasteiger partial charge in [-0.05, 0) is 50.0 Å². The van der Waals surface area contributed by atoms with Crippen LogP contribution in [0.1, 0.15) is 46.5 Å². The van der Waals surface area contributed by atoms with E-state index in [2.05, 4.69) is 20.4 Å². The molecule has 3 atom stereocenters. The van der Waals surface area contributed by atoms with Crippen LogP contribution in [0.2, 0.25) is 0 Å². The Morgan fingerprint density at radius 1 is 1.56 bits per heavy atom. The van der Waals surface area contributed by atoms with Gasteiger partial charge < -0.3 is 0 Å². The maximum Gasteiger partial charge on any atom is 0.162 e. The second-order valence-corrected chi connectivity index (χ2v) is 5.89. The summed E-state index contributed by atoms with van der Waals surface area (Å²) in [6, 6.07) is 0. The molecule has 0 radical (unpaired) electrons. The molecule has 0 N–H and O–H groups in total. The zero-order chi connectivity index (χ0) is 11.9. The van der Waals surface area contributed by atoms with Crippen molar-refractivity contribution in [3.63, 3.8) is 0 Å². The lowest BCUT2D eigenvalue weighted by Crippen LogP contribution is -2.39. The number of carbonyl (C=O) groups is 1. The minimum absolute atomic E-state index is 0.0642. The highest BCUT2D eigenvalue weighted by Crippen LogP contribution is 2.52. The van der Waals surface area contributed by atoms with E-state index in [4.69, 9.17) is 0 Å². The minimum atomic E-state index is 0.0642. The third kappa shape index (κ3) is 1.66. The molecule has 1 saturated carbocycles. The normalized spacial score (nSPS) is 38.9. The fourth-order valence-corrected chi connectivity index (χ4v) is 3.30. The van der Waals surface area contributed by atoms with Crippen molar-refractivity contribution < 1.29 is 4.79 Å². The molecule has 0 aromatic rings. The molecule has 0 spiro atoms. The molecule has 0 heterocycles. The summed E-state index contributed by atoms with van der Waals surface area (Å²) in [5, 5.41) is 0. The van der Waals surface area contributed by atoms with Crippen LogP contribution >= 0.6 is 0 Å². The monoisotopic (exact) mass is 218 g/mol. The number of carbonyl (C=O) groups excluding carboxylic acids is 1. The van der Waals surface area contributed by atoms with Crippen LogP contribution < -0.4 is 0 Å². The molecule has 88 valence electrons. The molecule has 0 saturated heterocycles. The summed E-state index contributed by atoms with van der Waals surface area (Å²) in [6.07, 6.45) is 6.57. The lowest BCUT2D eigenvalue weighted by atomic mass is 9.58. The number of allylic oxidation sites excluding steroid dienone is 3. The maximum absolute atomic E-state index is 12.0. The van der Waals surface area contributed by atoms with Crippen LogP contribution in [0.15, 0.2) is 23.8 Å². The Bertz CT molecular complexity index is 364. The molecule has 0 bridgehead atoms. The van der Waals surface area contributed by atoms with Gasteiger partial charge in [0.2, 0.25) is 0 Å². The molecule has 0 aromatic carbocycles. The van der Waals surface area contributed by atoms with E-state index in [1.807, 2.05) is 13.0 Å². The number of hydrogen-bond donors (Lipinski definition) is 0. The first-order valence-electron chi connectivity index (χ1n) is 6.35. The Kier molecular flexibility index (Phi) is 2.81. The zero-order valence-corrected chi connectivity index (χ0v) is 10.7. The van der Waals surface area contributed by atoms with Gasteiger partial charge in [0.05, 0.1) is 0 Å². The molecule has 0 aromatic heterocycles. The van der Waals surface area contributed by atoms with E-state index < -0.39 is 0 Å². The van der Waals surface area contributed by atoms with Crippen LogP contribution in [0.4, 0.5) is 0 Å². The third-order valence-corrected chi connectivity index (χ3v) is 4.79. The number of fused-ring (bicyclic) bond motifs is 1. The van der Waals surface area contributed by atoms with Gasteiger partial charge in [0, 0.05) is 5.92 Å². The van der Waals surface area contributed by atoms with Crippen molar-refractivity contribution in [3.05, 3.63) is 23.8 Å². The van der Waals surface area contributed by atoms with Gasteiger partial charge in [-0.15, -0.1) is 0 Å². The lowest BCUT2D eigenvalue weighted by molar-refractivity contribution is -0.119. The van der Waals surface area contributed by atoms with Crippen molar-refractivity contribution >= 4 is 5.78 Å². The SMILES string of the molecule is C=C(C)[C@@H]1C[C@@]2(C)C(=CC1=O)CCC[C@@H]2C. The molecule has 2 aliphatic carbocycles. The Morgan fingerprint density at radius 2 is 2.25 bits per heavy atom. The van der Waals surface area contributed by atoms with Crippen LogP contribution in [-0.4, -0.2) is 5.78 Å². The van der Waals surface area contributed by atoms with Crippen LogP contribution in [0, 0.1) is 17.3 Å². The van der Waals surface area contributed by atoms with Crippen LogP contribution in [0.5, 0.6) is 0 Å². The first-order valence-corrected chi connectivity index (χ1v) is 6.35. The summed E-state index contributed by atoms with van der Waals surface area (Å²) in [5.74, 6) is 1.05. The summed E-state index contributed by atoms with van der Waals surface area (Å²) in [4.78, 5) is 12.0. The van der Waals surface area contributed by atoms with E-state index in [0.717, 1.165) is 18.4 Å². The van der Waals surface area contributed by atoms with Crippen molar-refractivity contribution in [2.24, 2.45) is 17.3 Å². The third-order valence-electron chi connectivity index (χ3n) is 4.79. The highest BCUT2D eigenvalue weighted by atomic mass is 16.1. The molecule has 1 fully saturated rings. The molecule has 0 aliphatic heterocycles. The van der Waals surface area contributed by atoms with Gasteiger partial charge in [-0.1, -0.05) is 31.6 Å². The molecule has 2 aliphatic rings. The fraction of sp³-hybridized carbons (Fsp3) is 0.667. The van der Waals surface area contributed by atoms with E-state index in [1.165, 1.54) is 18.4 Å². The first kappa shape index (κ1) is 11.6. The quantitative estimate of drug-likeness (QED) is 0.610. The van der Waals surface area contributed by atoms with Gasteiger partial charge in [-0.25, -0.2) is 0 Å². The lowest BCUT2D eigenvalue weighted by Gasteiger charge is -2.46. The molecule has 0 amide bonds. The summed E-state index contributed by atoms with van der Waals surface area (Å²) < 4.78 is 0. The Hall–Kier alpha value is -0.850. The molecule has 16 heavy (non-hydrogen) atoms. The Labute approximate surface area is 98.6 Å². The van der Waals surface area contributed by atoms with Gasteiger partial charge in [0.15, 0.2) is 5.78 Å². The van der Waals surface area contributed by atoms with Crippen molar-refractivity contribution in [3.8, 4) is 0 Å². The van der Waals surface area contributed by atoms with Crippen LogP contribution in [-0.2, 0) is 4.79 Å².